The minimum atomic E-state index is -0.754. The van der Waals surface area contributed by atoms with Crippen molar-refractivity contribution in [1.82, 2.24) is 0 Å². The zero-order valence-corrected chi connectivity index (χ0v) is 24.3. The molecule has 5 N–H and O–H groups in total. The van der Waals surface area contributed by atoms with Crippen LogP contribution in [0, 0.1) is 0 Å². The first-order chi connectivity index (χ1) is 18.3. The van der Waals surface area contributed by atoms with Gasteiger partial charge in [-0.2, -0.15) is 0 Å². The van der Waals surface area contributed by atoms with Gasteiger partial charge >= 0.3 is 47.8 Å². The van der Waals surface area contributed by atoms with E-state index in [1.165, 1.54) is 20.8 Å². The van der Waals surface area contributed by atoms with Crippen molar-refractivity contribution >= 4 is 47.8 Å². The molecular weight excluding hydrogens is 544 g/mol. The van der Waals surface area contributed by atoms with Crippen molar-refractivity contribution < 1.29 is 78.1 Å². The first kappa shape index (κ1) is 48.8. The van der Waals surface area contributed by atoms with E-state index >= 15 is 0 Å². The van der Waals surface area contributed by atoms with Crippen molar-refractivity contribution in [2.24, 2.45) is 0 Å². The quantitative estimate of drug-likeness (QED) is 0.181. The van der Waals surface area contributed by atoms with E-state index in [4.69, 9.17) is 30.3 Å². The lowest BCUT2D eigenvalue weighted by molar-refractivity contribution is -0.163. The standard InChI is InChI=1S/C9H14O6.5C3H6O2/c1-6(10)13-4-9(15-8(3)12)5-14-7(2)11;5*1-2-3(4)5/h9H,4-5H2,1-3H3;5*2H2,1H3,(H,4,5). The van der Waals surface area contributed by atoms with Crippen molar-refractivity contribution in [2.45, 2.75) is 93.6 Å². The van der Waals surface area contributed by atoms with Gasteiger partial charge in [-0.15, -0.1) is 0 Å². The van der Waals surface area contributed by atoms with Crippen LogP contribution in [0.3, 0.4) is 0 Å². The predicted molar refractivity (Wildman–Crippen MR) is 138 cm³/mol. The molecule has 0 atom stereocenters. The van der Waals surface area contributed by atoms with Gasteiger partial charge in [-0.3, -0.25) is 38.4 Å². The van der Waals surface area contributed by atoms with Crippen LogP contribution < -0.4 is 0 Å². The van der Waals surface area contributed by atoms with Crippen LogP contribution in [0.1, 0.15) is 87.5 Å². The fourth-order valence-electron chi connectivity index (χ4n) is 0.771. The molecule has 0 unspecified atom stereocenters. The lowest BCUT2D eigenvalue weighted by atomic mass is 10.4. The first-order valence-corrected chi connectivity index (χ1v) is 11.8. The number of rotatable bonds is 10. The maximum atomic E-state index is 10.6. The number of carboxylic acids is 5. The fraction of sp³-hybridized carbons (Fsp3) is 0.667. The van der Waals surface area contributed by atoms with E-state index in [1.54, 1.807) is 34.6 Å². The van der Waals surface area contributed by atoms with Gasteiger partial charge in [0.15, 0.2) is 6.10 Å². The summed E-state index contributed by atoms with van der Waals surface area (Å²) >= 11 is 0. The Bertz CT molecular complexity index is 631. The van der Waals surface area contributed by atoms with Crippen LogP contribution in [-0.4, -0.2) is 92.6 Å². The summed E-state index contributed by atoms with van der Waals surface area (Å²) in [6.45, 7) is 11.4. The Hall–Kier alpha value is -4.24. The van der Waals surface area contributed by atoms with Gasteiger partial charge in [0, 0.05) is 52.9 Å². The van der Waals surface area contributed by atoms with Gasteiger partial charge in [0.2, 0.25) is 0 Å². The number of carboxylic acid groups (broad SMARTS) is 5. The lowest BCUT2D eigenvalue weighted by Gasteiger charge is -2.15. The largest absolute Gasteiger partial charge is 0.481 e. The van der Waals surface area contributed by atoms with Gasteiger partial charge in [-0.1, -0.05) is 34.6 Å². The number of hydrogen-bond donors (Lipinski definition) is 5. The molecule has 0 spiro atoms. The molecule has 0 aromatic carbocycles. The SMILES string of the molecule is CC(=O)OCC(COC(C)=O)OC(C)=O.CCC(=O)O.CCC(=O)O.CCC(=O)O.CCC(=O)O.CCC(=O)O. The minimum absolute atomic E-state index is 0.123. The Kier molecular flexibility index (Phi) is 45.0. The molecule has 236 valence electrons. The molecule has 16 heteroatoms. The van der Waals surface area contributed by atoms with Crippen LogP contribution in [0.5, 0.6) is 0 Å². The molecule has 0 saturated carbocycles. The van der Waals surface area contributed by atoms with E-state index in [0.29, 0.717) is 0 Å². The molecule has 0 bridgehead atoms. The molecule has 0 aromatic heterocycles. The number of carbonyl (C=O) groups is 8. The average molecular weight is 589 g/mol. The summed E-state index contributed by atoms with van der Waals surface area (Å²) in [5.74, 6) is -5.24. The summed E-state index contributed by atoms with van der Waals surface area (Å²) < 4.78 is 14.0. The Balaban J connectivity index is -0.0000000962. The Morgan fingerprint density at radius 3 is 0.725 bits per heavy atom. The molecule has 0 radical (unpaired) electrons. The van der Waals surface area contributed by atoms with Gasteiger partial charge in [-0.05, 0) is 0 Å². The Labute approximate surface area is 233 Å². The van der Waals surface area contributed by atoms with E-state index in [2.05, 4.69) is 9.47 Å². The van der Waals surface area contributed by atoms with Crippen molar-refractivity contribution in [3.63, 3.8) is 0 Å². The van der Waals surface area contributed by atoms with Gasteiger partial charge in [0.25, 0.3) is 0 Å². The summed E-state index contributed by atoms with van der Waals surface area (Å²) in [6, 6.07) is 0. The molecule has 16 nitrogen and oxygen atoms in total. The number of esters is 3. The second kappa shape index (κ2) is 36.9. The first-order valence-electron chi connectivity index (χ1n) is 11.8. The van der Waals surface area contributed by atoms with Crippen LogP contribution in [0.15, 0.2) is 0 Å². The van der Waals surface area contributed by atoms with Gasteiger partial charge in [-0.25, -0.2) is 0 Å². The molecule has 40 heavy (non-hydrogen) atoms. The molecule has 0 heterocycles. The minimum Gasteiger partial charge on any atom is -0.481 e. The highest BCUT2D eigenvalue weighted by atomic mass is 16.6. The van der Waals surface area contributed by atoms with E-state index in [-0.39, 0.29) is 45.3 Å². The van der Waals surface area contributed by atoms with E-state index < -0.39 is 53.9 Å². The monoisotopic (exact) mass is 588 g/mol. The van der Waals surface area contributed by atoms with Crippen molar-refractivity contribution in [3.05, 3.63) is 0 Å². The molecule has 0 aliphatic heterocycles. The molecule has 0 amide bonds. The number of hydrogen-bond acceptors (Lipinski definition) is 11. The van der Waals surface area contributed by atoms with Crippen molar-refractivity contribution in [1.29, 1.82) is 0 Å². The van der Waals surface area contributed by atoms with Gasteiger partial charge in [0.1, 0.15) is 13.2 Å². The van der Waals surface area contributed by atoms with Gasteiger partial charge < -0.3 is 39.7 Å². The van der Waals surface area contributed by atoms with Crippen LogP contribution in [0.2, 0.25) is 0 Å². The Morgan fingerprint density at radius 1 is 0.450 bits per heavy atom. The van der Waals surface area contributed by atoms with Crippen molar-refractivity contribution in [2.75, 3.05) is 13.2 Å². The summed E-state index contributed by atoms with van der Waals surface area (Å²) in [6.07, 6.45) is 0.357. The molecule has 0 aliphatic rings. The van der Waals surface area contributed by atoms with Crippen LogP contribution in [-0.2, 0) is 52.6 Å². The second-order valence-corrected chi connectivity index (χ2v) is 6.57. The highest BCUT2D eigenvalue weighted by Gasteiger charge is 2.15. The molecule has 0 aromatic rings. The topological polar surface area (TPSA) is 265 Å². The molecule has 0 rings (SSSR count). The van der Waals surface area contributed by atoms with Crippen LogP contribution in [0.25, 0.3) is 0 Å². The number of ether oxygens (including phenoxy) is 3. The Morgan fingerprint density at radius 2 is 0.625 bits per heavy atom. The summed E-state index contributed by atoms with van der Waals surface area (Å²) in [7, 11) is 0. The summed E-state index contributed by atoms with van der Waals surface area (Å²) in [4.78, 5) is 78.5. The third-order valence-corrected chi connectivity index (χ3v) is 2.79. The lowest BCUT2D eigenvalue weighted by Crippen LogP contribution is -2.29. The molecule has 0 saturated heterocycles. The zero-order valence-electron chi connectivity index (χ0n) is 24.3. The zero-order chi connectivity index (χ0) is 33.3. The summed E-state index contributed by atoms with van der Waals surface area (Å²) in [5, 5.41) is 38.6. The maximum absolute atomic E-state index is 10.6. The van der Waals surface area contributed by atoms with E-state index in [1.807, 2.05) is 0 Å². The highest BCUT2D eigenvalue weighted by molar-refractivity contribution is 5.68. The number of aliphatic carboxylic acids is 5. The second-order valence-electron chi connectivity index (χ2n) is 6.57. The molecule has 0 aliphatic carbocycles. The van der Waals surface area contributed by atoms with Crippen LogP contribution in [0.4, 0.5) is 0 Å². The third-order valence-electron chi connectivity index (χ3n) is 2.79. The highest BCUT2D eigenvalue weighted by Crippen LogP contribution is 1.97. The van der Waals surface area contributed by atoms with Crippen molar-refractivity contribution in [3.8, 4) is 0 Å². The average Bonchev–Trinajstić information content (AvgIpc) is 2.86. The molecular formula is C24H44O16. The third kappa shape index (κ3) is 92.8. The van der Waals surface area contributed by atoms with Gasteiger partial charge in [0.05, 0.1) is 0 Å². The normalized spacial score (nSPS) is 8.22. The molecule has 0 fully saturated rings. The summed E-state index contributed by atoms with van der Waals surface area (Å²) in [5.41, 5.74) is 0. The predicted octanol–water partition coefficient (Wildman–Crippen LogP) is 2.45. The van der Waals surface area contributed by atoms with E-state index in [0.717, 1.165) is 0 Å². The van der Waals surface area contributed by atoms with Crippen LogP contribution >= 0.6 is 0 Å². The smallest absolute Gasteiger partial charge is 0.303 e. The van der Waals surface area contributed by atoms with E-state index in [9.17, 15) is 38.4 Å². The maximum Gasteiger partial charge on any atom is 0.303 e. The number of carbonyl (C=O) groups excluding carboxylic acids is 3. The fourth-order valence-corrected chi connectivity index (χ4v) is 0.771.